The zero-order chi connectivity index (χ0) is 21.6. The van der Waals surface area contributed by atoms with Gasteiger partial charge in [-0.05, 0) is 43.5 Å². The molecule has 0 radical (unpaired) electrons. The van der Waals surface area contributed by atoms with Crippen LogP contribution in [0.25, 0.3) is 0 Å². The second kappa shape index (κ2) is 9.86. The molecule has 1 atom stereocenters. The van der Waals surface area contributed by atoms with Crippen LogP contribution in [-0.4, -0.2) is 44.3 Å². The van der Waals surface area contributed by atoms with Crippen molar-refractivity contribution in [3.05, 3.63) is 65.7 Å². The number of piperidine rings is 1. The number of hydrogen-bond donors (Lipinski definition) is 1. The van der Waals surface area contributed by atoms with Crippen LogP contribution in [0.2, 0.25) is 0 Å². The SMILES string of the molecule is C[C@H](NC(=O)COC(=O)c1cccc(S(=O)(=O)N2CCCCC2)c1)c1ccccc1. The molecule has 1 fully saturated rings. The van der Waals surface area contributed by atoms with Crippen LogP contribution in [0, 0.1) is 0 Å². The zero-order valence-electron chi connectivity index (χ0n) is 16.9. The van der Waals surface area contributed by atoms with Gasteiger partial charge < -0.3 is 10.1 Å². The summed E-state index contributed by atoms with van der Waals surface area (Å²) in [5.41, 5.74) is 1.03. The fourth-order valence-corrected chi connectivity index (χ4v) is 4.92. The Hall–Kier alpha value is -2.71. The van der Waals surface area contributed by atoms with Gasteiger partial charge >= 0.3 is 5.97 Å². The van der Waals surface area contributed by atoms with Crippen molar-refractivity contribution in [2.24, 2.45) is 0 Å². The van der Waals surface area contributed by atoms with Crippen molar-refractivity contribution in [3.63, 3.8) is 0 Å². The molecule has 2 aromatic carbocycles. The second-order valence-electron chi connectivity index (χ2n) is 7.27. The highest BCUT2D eigenvalue weighted by Gasteiger charge is 2.26. The van der Waals surface area contributed by atoms with E-state index in [9.17, 15) is 18.0 Å². The summed E-state index contributed by atoms with van der Waals surface area (Å²) < 4.78 is 32.1. The Morgan fingerprint density at radius 3 is 2.43 bits per heavy atom. The summed E-state index contributed by atoms with van der Waals surface area (Å²) in [6.07, 6.45) is 2.68. The molecular formula is C22H26N2O5S. The molecule has 0 unspecified atom stereocenters. The molecule has 1 heterocycles. The first-order valence-corrected chi connectivity index (χ1v) is 11.4. The lowest BCUT2D eigenvalue weighted by atomic mass is 10.1. The lowest BCUT2D eigenvalue weighted by Crippen LogP contribution is -2.35. The Bertz CT molecular complexity index is 986. The molecule has 7 nitrogen and oxygen atoms in total. The van der Waals surface area contributed by atoms with Gasteiger partial charge in [-0.2, -0.15) is 4.31 Å². The Labute approximate surface area is 177 Å². The largest absolute Gasteiger partial charge is 0.452 e. The fourth-order valence-electron chi connectivity index (χ4n) is 3.36. The third kappa shape index (κ3) is 5.46. The van der Waals surface area contributed by atoms with Crippen LogP contribution in [0.4, 0.5) is 0 Å². The molecule has 0 bridgehead atoms. The lowest BCUT2D eigenvalue weighted by molar-refractivity contribution is -0.124. The minimum atomic E-state index is -3.65. The van der Waals surface area contributed by atoms with Crippen LogP contribution in [0.1, 0.15) is 48.1 Å². The van der Waals surface area contributed by atoms with Crippen LogP contribution in [-0.2, 0) is 19.6 Å². The highest BCUT2D eigenvalue weighted by molar-refractivity contribution is 7.89. The third-order valence-electron chi connectivity index (χ3n) is 5.03. The van der Waals surface area contributed by atoms with E-state index in [0.29, 0.717) is 13.1 Å². The Morgan fingerprint density at radius 2 is 1.73 bits per heavy atom. The molecule has 0 aromatic heterocycles. The first-order valence-electron chi connectivity index (χ1n) is 9.99. The molecule has 160 valence electrons. The van der Waals surface area contributed by atoms with Gasteiger partial charge in [-0.3, -0.25) is 4.79 Å². The standard InChI is InChI=1S/C22H26N2O5S/c1-17(18-9-4-2-5-10-18)23-21(25)16-29-22(26)19-11-8-12-20(15-19)30(27,28)24-13-6-3-7-14-24/h2,4-5,8-12,15,17H,3,6-7,13-14,16H2,1H3,(H,23,25)/t17-/m0/s1. The first-order chi connectivity index (χ1) is 14.4. The first kappa shape index (κ1) is 22.0. The summed E-state index contributed by atoms with van der Waals surface area (Å²) in [4.78, 5) is 24.5. The monoisotopic (exact) mass is 430 g/mol. The molecule has 1 aliphatic heterocycles. The van der Waals surface area contributed by atoms with Gasteiger partial charge in [0.2, 0.25) is 10.0 Å². The Balaban J connectivity index is 1.59. The van der Waals surface area contributed by atoms with Crippen molar-refractivity contribution in [2.75, 3.05) is 19.7 Å². The number of esters is 1. The minimum absolute atomic E-state index is 0.0565. The predicted molar refractivity (Wildman–Crippen MR) is 112 cm³/mol. The minimum Gasteiger partial charge on any atom is -0.452 e. The van der Waals surface area contributed by atoms with E-state index in [4.69, 9.17) is 4.74 Å². The van der Waals surface area contributed by atoms with Crippen LogP contribution < -0.4 is 5.32 Å². The summed E-state index contributed by atoms with van der Waals surface area (Å²) >= 11 is 0. The maximum Gasteiger partial charge on any atom is 0.338 e. The molecule has 3 rings (SSSR count). The van der Waals surface area contributed by atoms with Gasteiger partial charge in [0.25, 0.3) is 5.91 Å². The summed E-state index contributed by atoms with van der Waals surface area (Å²) in [5, 5.41) is 2.76. The highest BCUT2D eigenvalue weighted by Crippen LogP contribution is 2.21. The summed E-state index contributed by atoms with van der Waals surface area (Å²) in [7, 11) is -3.65. The van der Waals surface area contributed by atoms with E-state index in [-0.39, 0.29) is 16.5 Å². The van der Waals surface area contributed by atoms with Gasteiger partial charge in [0.1, 0.15) is 0 Å². The number of sulfonamides is 1. The molecule has 1 amide bonds. The molecule has 1 saturated heterocycles. The van der Waals surface area contributed by atoms with Crippen LogP contribution in [0.3, 0.4) is 0 Å². The number of hydrogen-bond acceptors (Lipinski definition) is 5. The zero-order valence-corrected chi connectivity index (χ0v) is 17.7. The average Bonchev–Trinajstić information content (AvgIpc) is 2.78. The van der Waals surface area contributed by atoms with Gasteiger partial charge in [-0.1, -0.05) is 42.8 Å². The van der Waals surface area contributed by atoms with Gasteiger partial charge in [-0.15, -0.1) is 0 Å². The van der Waals surface area contributed by atoms with E-state index in [1.54, 1.807) is 0 Å². The van der Waals surface area contributed by atoms with Crippen LogP contribution in [0.5, 0.6) is 0 Å². The molecule has 0 spiro atoms. The number of ether oxygens (including phenoxy) is 1. The topological polar surface area (TPSA) is 92.8 Å². The number of nitrogens with zero attached hydrogens (tertiary/aromatic N) is 1. The van der Waals surface area contributed by atoms with E-state index in [2.05, 4.69) is 5.32 Å². The number of carbonyl (C=O) groups excluding carboxylic acids is 2. The van der Waals surface area contributed by atoms with Crippen molar-refractivity contribution >= 4 is 21.9 Å². The molecule has 1 N–H and O–H groups in total. The van der Waals surface area contributed by atoms with E-state index in [0.717, 1.165) is 24.8 Å². The summed E-state index contributed by atoms with van der Waals surface area (Å²) in [5.74, 6) is -1.18. The molecule has 8 heteroatoms. The normalized spacial score (nSPS) is 15.9. The number of amides is 1. The summed E-state index contributed by atoms with van der Waals surface area (Å²) in [6, 6.07) is 15.0. The molecule has 1 aliphatic rings. The van der Waals surface area contributed by atoms with Crippen LogP contribution in [0.15, 0.2) is 59.5 Å². The Kier molecular flexibility index (Phi) is 7.23. The van der Waals surface area contributed by atoms with E-state index in [1.165, 1.54) is 28.6 Å². The number of benzene rings is 2. The number of rotatable bonds is 7. The molecular weight excluding hydrogens is 404 g/mol. The molecule has 0 saturated carbocycles. The maximum atomic E-state index is 12.8. The smallest absolute Gasteiger partial charge is 0.338 e. The molecule has 0 aliphatic carbocycles. The second-order valence-corrected chi connectivity index (χ2v) is 9.21. The summed E-state index contributed by atoms with van der Waals surface area (Å²) in [6.45, 7) is 2.36. The van der Waals surface area contributed by atoms with Gasteiger partial charge in [-0.25, -0.2) is 13.2 Å². The highest BCUT2D eigenvalue weighted by atomic mass is 32.2. The van der Waals surface area contributed by atoms with Gasteiger partial charge in [0.15, 0.2) is 6.61 Å². The predicted octanol–water partition coefficient (Wildman–Crippen LogP) is 2.90. The average molecular weight is 431 g/mol. The lowest BCUT2D eigenvalue weighted by Gasteiger charge is -2.25. The maximum absolute atomic E-state index is 12.8. The van der Waals surface area contributed by atoms with Crippen molar-refractivity contribution in [2.45, 2.75) is 37.1 Å². The molecule has 30 heavy (non-hydrogen) atoms. The van der Waals surface area contributed by atoms with E-state index in [1.807, 2.05) is 37.3 Å². The van der Waals surface area contributed by atoms with Crippen molar-refractivity contribution in [3.8, 4) is 0 Å². The fraction of sp³-hybridized carbons (Fsp3) is 0.364. The van der Waals surface area contributed by atoms with Gasteiger partial charge in [0, 0.05) is 13.1 Å². The third-order valence-corrected chi connectivity index (χ3v) is 6.93. The van der Waals surface area contributed by atoms with Crippen molar-refractivity contribution in [1.82, 2.24) is 9.62 Å². The van der Waals surface area contributed by atoms with Crippen molar-refractivity contribution < 1.29 is 22.7 Å². The number of carbonyl (C=O) groups is 2. The number of nitrogens with one attached hydrogen (secondary N) is 1. The van der Waals surface area contributed by atoms with Crippen molar-refractivity contribution in [1.29, 1.82) is 0 Å². The Morgan fingerprint density at radius 1 is 1.03 bits per heavy atom. The van der Waals surface area contributed by atoms with Crippen LogP contribution >= 0.6 is 0 Å². The quantitative estimate of drug-likeness (QED) is 0.682. The van der Waals surface area contributed by atoms with E-state index < -0.39 is 28.5 Å². The van der Waals surface area contributed by atoms with E-state index >= 15 is 0 Å². The van der Waals surface area contributed by atoms with Gasteiger partial charge in [0.05, 0.1) is 16.5 Å². The molecule has 2 aromatic rings.